The first kappa shape index (κ1) is 25.0. The lowest BCUT2D eigenvalue weighted by molar-refractivity contribution is -0.137. The van der Waals surface area contributed by atoms with E-state index in [0.29, 0.717) is 31.7 Å². The van der Waals surface area contributed by atoms with E-state index in [9.17, 15) is 22.8 Å². The minimum absolute atomic E-state index is 0.00488. The summed E-state index contributed by atoms with van der Waals surface area (Å²) in [4.78, 5) is 31.9. The molecule has 3 amide bonds. The molecule has 33 heavy (non-hydrogen) atoms. The standard InChI is InChI=1S/C23H29F3N4O2S/c1-28(2)12-13-30(15-17-3-5-19(6-4-17)23(24,25)26)22(32)27-10-7-21(31)29-11-8-20-18(16-29)9-14-33-20/h3-6,9,14H,7-8,10-13,15-16H2,1-2H3,(H,27,32). The summed E-state index contributed by atoms with van der Waals surface area (Å²) < 4.78 is 38.4. The van der Waals surface area contributed by atoms with Gasteiger partial charge < -0.3 is 20.0 Å². The number of nitrogens with zero attached hydrogens (tertiary/aromatic N) is 3. The zero-order valence-corrected chi connectivity index (χ0v) is 19.6. The van der Waals surface area contributed by atoms with Crippen molar-refractivity contribution in [1.29, 1.82) is 0 Å². The first-order valence-corrected chi connectivity index (χ1v) is 11.7. The van der Waals surface area contributed by atoms with E-state index in [4.69, 9.17) is 0 Å². The molecule has 1 N–H and O–H groups in total. The summed E-state index contributed by atoms with van der Waals surface area (Å²) in [6, 6.07) is 6.52. The number of thiophene rings is 1. The lowest BCUT2D eigenvalue weighted by Crippen LogP contribution is -2.44. The van der Waals surface area contributed by atoms with E-state index in [2.05, 4.69) is 5.32 Å². The highest BCUT2D eigenvalue weighted by Crippen LogP contribution is 2.29. The molecule has 1 aliphatic heterocycles. The molecule has 0 atom stereocenters. The second kappa shape index (κ2) is 11.0. The van der Waals surface area contributed by atoms with Crippen LogP contribution in [0.5, 0.6) is 0 Å². The van der Waals surface area contributed by atoms with Gasteiger partial charge in [0.05, 0.1) is 5.56 Å². The molecule has 0 aliphatic carbocycles. The predicted molar refractivity (Wildman–Crippen MR) is 122 cm³/mol. The molecule has 2 aromatic rings. The van der Waals surface area contributed by atoms with Crippen molar-refractivity contribution in [3.63, 3.8) is 0 Å². The Labute approximate surface area is 196 Å². The van der Waals surface area contributed by atoms with Crippen molar-refractivity contribution in [3.05, 3.63) is 57.3 Å². The van der Waals surface area contributed by atoms with Gasteiger partial charge in [0, 0.05) is 50.6 Å². The number of carbonyl (C=O) groups is 2. The van der Waals surface area contributed by atoms with Crippen molar-refractivity contribution in [2.24, 2.45) is 0 Å². The second-order valence-corrected chi connectivity index (χ2v) is 9.34. The minimum Gasteiger partial charge on any atom is -0.338 e. The van der Waals surface area contributed by atoms with Crippen LogP contribution in [0.4, 0.5) is 18.0 Å². The summed E-state index contributed by atoms with van der Waals surface area (Å²) >= 11 is 1.71. The number of hydrogen-bond acceptors (Lipinski definition) is 4. The van der Waals surface area contributed by atoms with Gasteiger partial charge in [0.1, 0.15) is 0 Å². The number of benzene rings is 1. The smallest absolute Gasteiger partial charge is 0.338 e. The molecular weight excluding hydrogens is 453 g/mol. The summed E-state index contributed by atoms with van der Waals surface area (Å²) in [5.41, 5.74) is 1.07. The van der Waals surface area contributed by atoms with Gasteiger partial charge in [-0.2, -0.15) is 13.2 Å². The number of amides is 3. The quantitative estimate of drug-likeness (QED) is 0.623. The Bertz CT molecular complexity index is 944. The van der Waals surface area contributed by atoms with Crippen LogP contribution in [-0.2, 0) is 30.5 Å². The fraction of sp³-hybridized carbons (Fsp3) is 0.478. The second-order valence-electron chi connectivity index (χ2n) is 8.34. The van der Waals surface area contributed by atoms with Gasteiger partial charge in [-0.25, -0.2) is 4.79 Å². The molecule has 2 heterocycles. The van der Waals surface area contributed by atoms with Gasteiger partial charge in [-0.3, -0.25) is 4.79 Å². The van der Waals surface area contributed by atoms with Crippen LogP contribution in [0.2, 0.25) is 0 Å². The minimum atomic E-state index is -4.40. The molecule has 0 saturated carbocycles. The number of rotatable bonds is 8. The van der Waals surface area contributed by atoms with Crippen LogP contribution in [0.3, 0.4) is 0 Å². The van der Waals surface area contributed by atoms with Crippen LogP contribution in [0, 0.1) is 0 Å². The topological polar surface area (TPSA) is 55.9 Å². The average molecular weight is 483 g/mol. The van der Waals surface area contributed by atoms with Crippen LogP contribution in [-0.4, -0.2) is 66.9 Å². The lowest BCUT2D eigenvalue weighted by atomic mass is 10.1. The fourth-order valence-electron chi connectivity index (χ4n) is 3.60. The van der Waals surface area contributed by atoms with Gasteiger partial charge in [-0.1, -0.05) is 12.1 Å². The first-order valence-electron chi connectivity index (χ1n) is 10.8. The van der Waals surface area contributed by atoms with E-state index >= 15 is 0 Å². The highest BCUT2D eigenvalue weighted by atomic mass is 32.1. The normalized spacial score (nSPS) is 13.7. The maximum absolute atomic E-state index is 12.8. The Kier molecular flexibility index (Phi) is 8.36. The van der Waals surface area contributed by atoms with Gasteiger partial charge >= 0.3 is 12.2 Å². The van der Waals surface area contributed by atoms with Crippen molar-refractivity contribution >= 4 is 23.3 Å². The third-order valence-corrected chi connectivity index (χ3v) is 6.56. The number of urea groups is 1. The van der Waals surface area contributed by atoms with Crippen molar-refractivity contribution in [2.45, 2.75) is 32.1 Å². The molecule has 180 valence electrons. The monoisotopic (exact) mass is 482 g/mol. The zero-order valence-electron chi connectivity index (χ0n) is 18.8. The maximum atomic E-state index is 12.8. The van der Waals surface area contributed by atoms with Crippen LogP contribution in [0.1, 0.15) is 28.0 Å². The molecule has 1 aromatic carbocycles. The van der Waals surface area contributed by atoms with E-state index in [1.54, 1.807) is 16.2 Å². The molecule has 1 aromatic heterocycles. The highest BCUT2D eigenvalue weighted by molar-refractivity contribution is 7.10. The van der Waals surface area contributed by atoms with Gasteiger partial charge in [0.2, 0.25) is 5.91 Å². The zero-order chi connectivity index (χ0) is 24.0. The Morgan fingerprint density at radius 2 is 1.85 bits per heavy atom. The molecule has 6 nitrogen and oxygen atoms in total. The number of likely N-dealkylation sites (N-methyl/N-ethyl adjacent to an activating group) is 1. The van der Waals surface area contributed by atoms with Crippen LogP contribution < -0.4 is 5.32 Å². The van der Waals surface area contributed by atoms with Crippen molar-refractivity contribution in [3.8, 4) is 0 Å². The summed E-state index contributed by atoms with van der Waals surface area (Å²) in [6.45, 7) is 2.68. The SMILES string of the molecule is CN(C)CCN(Cc1ccc(C(F)(F)F)cc1)C(=O)NCCC(=O)N1CCc2sccc2C1. The number of halogens is 3. The number of fused-ring (bicyclic) bond motifs is 1. The Hall–Kier alpha value is -2.59. The van der Waals surface area contributed by atoms with Gasteiger partial charge in [0.15, 0.2) is 0 Å². The molecule has 10 heteroatoms. The van der Waals surface area contributed by atoms with Gasteiger partial charge in [-0.05, 0) is 55.2 Å². The summed E-state index contributed by atoms with van der Waals surface area (Å²) in [7, 11) is 3.76. The third-order valence-electron chi connectivity index (χ3n) is 5.53. The van der Waals surface area contributed by atoms with Crippen molar-refractivity contribution in [2.75, 3.05) is 40.3 Å². The van der Waals surface area contributed by atoms with E-state index in [1.165, 1.54) is 22.6 Å². The molecule has 0 radical (unpaired) electrons. The number of carbonyl (C=O) groups excluding carboxylic acids is 2. The van der Waals surface area contributed by atoms with Crippen LogP contribution in [0.25, 0.3) is 0 Å². The number of hydrogen-bond donors (Lipinski definition) is 1. The largest absolute Gasteiger partial charge is 0.416 e. The predicted octanol–water partition coefficient (Wildman–Crippen LogP) is 3.82. The molecule has 0 bridgehead atoms. The molecule has 0 fully saturated rings. The highest BCUT2D eigenvalue weighted by Gasteiger charge is 2.30. The molecule has 1 aliphatic rings. The molecule has 3 rings (SSSR count). The van der Waals surface area contributed by atoms with Crippen LogP contribution >= 0.6 is 11.3 Å². The first-order chi connectivity index (χ1) is 15.6. The van der Waals surface area contributed by atoms with E-state index in [-0.39, 0.29) is 31.4 Å². The third kappa shape index (κ3) is 7.20. The van der Waals surface area contributed by atoms with Crippen molar-refractivity contribution in [1.82, 2.24) is 20.0 Å². The Balaban J connectivity index is 1.52. The molecule has 0 spiro atoms. The molecule has 0 unspecified atom stereocenters. The fourth-order valence-corrected chi connectivity index (χ4v) is 4.49. The Morgan fingerprint density at radius 1 is 1.12 bits per heavy atom. The van der Waals surface area contributed by atoms with E-state index in [1.807, 2.05) is 35.3 Å². The average Bonchev–Trinajstić information content (AvgIpc) is 3.24. The maximum Gasteiger partial charge on any atom is 0.416 e. The van der Waals surface area contributed by atoms with E-state index < -0.39 is 11.7 Å². The van der Waals surface area contributed by atoms with Gasteiger partial charge in [-0.15, -0.1) is 11.3 Å². The lowest BCUT2D eigenvalue weighted by Gasteiger charge is -2.28. The summed E-state index contributed by atoms with van der Waals surface area (Å²) in [6.07, 6.45) is -3.34. The Morgan fingerprint density at radius 3 is 2.52 bits per heavy atom. The van der Waals surface area contributed by atoms with Crippen molar-refractivity contribution < 1.29 is 22.8 Å². The summed E-state index contributed by atoms with van der Waals surface area (Å²) in [5, 5.41) is 4.83. The molecular formula is C23H29F3N4O2S. The van der Waals surface area contributed by atoms with Crippen LogP contribution in [0.15, 0.2) is 35.7 Å². The molecule has 0 saturated heterocycles. The number of nitrogens with one attached hydrogen (secondary N) is 1. The van der Waals surface area contributed by atoms with E-state index in [0.717, 1.165) is 18.6 Å². The van der Waals surface area contributed by atoms with Gasteiger partial charge in [0.25, 0.3) is 0 Å². The summed E-state index contributed by atoms with van der Waals surface area (Å²) in [5.74, 6) is -0.00488. The number of alkyl halides is 3.